The highest BCUT2D eigenvalue weighted by molar-refractivity contribution is 5.85. The Morgan fingerprint density at radius 2 is 1.96 bits per heavy atom. The van der Waals surface area contributed by atoms with E-state index >= 15 is 0 Å². The molecule has 0 amide bonds. The predicted octanol–water partition coefficient (Wildman–Crippen LogP) is 4.37. The van der Waals surface area contributed by atoms with Gasteiger partial charge >= 0.3 is 0 Å². The minimum absolute atomic E-state index is 0. The third kappa shape index (κ3) is 3.56. The van der Waals surface area contributed by atoms with E-state index in [2.05, 4.69) is 42.3 Å². The average Bonchev–Trinajstić information content (AvgIpc) is 3.35. The Kier molecular flexibility index (Phi) is 5.70. The van der Waals surface area contributed by atoms with Crippen LogP contribution in [-0.2, 0) is 19.3 Å². The number of fused-ring (bicyclic) bond motifs is 4. The Bertz CT molecular complexity index is 854. The molecule has 4 nitrogen and oxygen atoms in total. The van der Waals surface area contributed by atoms with Crippen LogP contribution in [0, 0.1) is 0 Å². The molecule has 0 N–H and O–H groups in total. The topological polar surface area (TPSA) is 30.9 Å². The third-order valence-electron chi connectivity index (χ3n) is 6.19. The second-order valence-electron chi connectivity index (χ2n) is 7.97. The van der Waals surface area contributed by atoms with E-state index in [9.17, 15) is 0 Å². The Labute approximate surface area is 173 Å². The second kappa shape index (κ2) is 8.22. The molecule has 2 aromatic rings. The highest BCUT2D eigenvalue weighted by Gasteiger charge is 2.28. The zero-order valence-corrected chi connectivity index (χ0v) is 17.2. The molecule has 0 aromatic heterocycles. The van der Waals surface area contributed by atoms with Crippen molar-refractivity contribution in [3.8, 4) is 17.2 Å². The van der Waals surface area contributed by atoms with Crippen LogP contribution in [0.4, 0.5) is 0 Å². The second-order valence-corrected chi connectivity index (χ2v) is 7.97. The molecule has 2 aliphatic heterocycles. The van der Waals surface area contributed by atoms with Gasteiger partial charge in [-0.1, -0.05) is 24.3 Å². The van der Waals surface area contributed by atoms with Crippen LogP contribution in [0.15, 0.2) is 30.3 Å². The molecule has 0 saturated heterocycles. The van der Waals surface area contributed by atoms with Crippen molar-refractivity contribution in [3.63, 3.8) is 0 Å². The van der Waals surface area contributed by atoms with Crippen LogP contribution in [0.3, 0.4) is 0 Å². The number of nitrogens with zero attached hydrogens (tertiary/aromatic N) is 1. The Morgan fingerprint density at radius 3 is 2.89 bits per heavy atom. The molecular weight excluding hydrogens is 374 g/mol. The fourth-order valence-corrected chi connectivity index (χ4v) is 4.82. The van der Waals surface area contributed by atoms with E-state index < -0.39 is 0 Å². The van der Waals surface area contributed by atoms with E-state index in [1.807, 2.05) is 0 Å². The van der Waals surface area contributed by atoms with Gasteiger partial charge in [-0.3, -0.25) is 0 Å². The molecular formula is C23H28ClNO3. The lowest BCUT2D eigenvalue weighted by atomic mass is 9.82. The molecule has 2 aromatic carbocycles. The zero-order valence-electron chi connectivity index (χ0n) is 16.4. The van der Waals surface area contributed by atoms with E-state index in [0.29, 0.717) is 12.7 Å². The van der Waals surface area contributed by atoms with Gasteiger partial charge in [0.2, 0.25) is 6.79 Å². The molecule has 3 aliphatic rings. The molecule has 5 rings (SSSR count). The third-order valence-corrected chi connectivity index (χ3v) is 6.19. The Hall–Kier alpha value is -1.91. The van der Waals surface area contributed by atoms with Gasteiger partial charge in [0.15, 0.2) is 11.5 Å². The van der Waals surface area contributed by atoms with Crippen molar-refractivity contribution in [1.29, 1.82) is 0 Å². The number of ether oxygens (including phenoxy) is 3. The number of hydrogen-bond donors (Lipinski definition) is 0. The summed E-state index contributed by atoms with van der Waals surface area (Å²) in [6, 6.07) is 10.9. The van der Waals surface area contributed by atoms with Gasteiger partial charge in [-0.15, -0.1) is 12.4 Å². The molecule has 5 heteroatoms. The summed E-state index contributed by atoms with van der Waals surface area (Å²) in [6.45, 7) is 3.33. The summed E-state index contributed by atoms with van der Waals surface area (Å²) in [6.07, 6.45) is 5.68. The van der Waals surface area contributed by atoms with E-state index in [4.69, 9.17) is 14.2 Å². The summed E-state index contributed by atoms with van der Waals surface area (Å²) in [5.74, 6) is 3.63. The van der Waals surface area contributed by atoms with Crippen LogP contribution in [0.25, 0.3) is 0 Å². The molecule has 150 valence electrons. The van der Waals surface area contributed by atoms with E-state index in [-0.39, 0.29) is 12.4 Å². The summed E-state index contributed by atoms with van der Waals surface area (Å²) in [5, 5.41) is 0. The zero-order chi connectivity index (χ0) is 18.2. The summed E-state index contributed by atoms with van der Waals surface area (Å²) in [5.41, 5.74) is 5.56. The van der Waals surface area contributed by atoms with Gasteiger partial charge in [0.05, 0.1) is 6.61 Å². The minimum atomic E-state index is 0. The van der Waals surface area contributed by atoms with Gasteiger partial charge in [0.25, 0.3) is 0 Å². The van der Waals surface area contributed by atoms with Crippen LogP contribution in [0.2, 0.25) is 0 Å². The van der Waals surface area contributed by atoms with Crippen LogP contribution < -0.4 is 14.2 Å². The molecule has 1 aliphatic carbocycles. The van der Waals surface area contributed by atoms with Gasteiger partial charge < -0.3 is 19.1 Å². The first-order chi connectivity index (χ1) is 13.3. The molecule has 0 radical (unpaired) electrons. The lowest BCUT2D eigenvalue weighted by molar-refractivity contribution is 0.173. The number of rotatable bonds is 5. The summed E-state index contributed by atoms with van der Waals surface area (Å²) < 4.78 is 17.2. The molecule has 0 saturated carbocycles. The monoisotopic (exact) mass is 401 g/mol. The van der Waals surface area contributed by atoms with Gasteiger partial charge in [-0.05, 0) is 61.4 Å². The smallest absolute Gasteiger partial charge is 0.231 e. The highest BCUT2D eigenvalue weighted by Crippen LogP contribution is 2.44. The maximum Gasteiger partial charge on any atom is 0.231 e. The number of hydrogen-bond acceptors (Lipinski definition) is 4. The van der Waals surface area contributed by atoms with Crippen molar-refractivity contribution >= 4 is 12.4 Å². The van der Waals surface area contributed by atoms with Gasteiger partial charge in [-0.25, -0.2) is 0 Å². The van der Waals surface area contributed by atoms with Crippen molar-refractivity contribution in [1.82, 2.24) is 4.90 Å². The average molecular weight is 402 g/mol. The summed E-state index contributed by atoms with van der Waals surface area (Å²) >= 11 is 0. The molecule has 28 heavy (non-hydrogen) atoms. The number of benzene rings is 2. The van der Waals surface area contributed by atoms with Gasteiger partial charge in [-0.2, -0.15) is 0 Å². The van der Waals surface area contributed by atoms with Crippen LogP contribution >= 0.6 is 12.4 Å². The van der Waals surface area contributed by atoms with Gasteiger partial charge in [0.1, 0.15) is 5.75 Å². The number of likely N-dealkylation sites (N-methyl/N-ethyl adjacent to an activating group) is 1. The summed E-state index contributed by atoms with van der Waals surface area (Å²) in [7, 11) is 2.24. The highest BCUT2D eigenvalue weighted by atomic mass is 35.5. The predicted molar refractivity (Wildman–Crippen MR) is 112 cm³/mol. The molecule has 1 atom stereocenters. The fraction of sp³-hybridized carbons (Fsp3) is 0.478. The van der Waals surface area contributed by atoms with E-state index in [0.717, 1.165) is 56.2 Å². The summed E-state index contributed by atoms with van der Waals surface area (Å²) in [4.78, 5) is 2.47. The molecule has 0 fully saturated rings. The van der Waals surface area contributed by atoms with Crippen LogP contribution in [-0.4, -0.2) is 38.4 Å². The van der Waals surface area contributed by atoms with Crippen molar-refractivity contribution in [2.45, 2.75) is 38.0 Å². The largest absolute Gasteiger partial charge is 0.493 e. The molecule has 0 spiro atoms. The van der Waals surface area contributed by atoms with Crippen molar-refractivity contribution < 1.29 is 14.2 Å². The van der Waals surface area contributed by atoms with Crippen molar-refractivity contribution in [3.05, 3.63) is 52.6 Å². The first-order valence-electron chi connectivity index (χ1n) is 10.1. The first kappa shape index (κ1) is 19.4. The van der Waals surface area contributed by atoms with Crippen LogP contribution in [0.5, 0.6) is 17.2 Å². The van der Waals surface area contributed by atoms with Crippen molar-refractivity contribution in [2.24, 2.45) is 0 Å². The molecule has 2 heterocycles. The minimum Gasteiger partial charge on any atom is -0.493 e. The van der Waals surface area contributed by atoms with Crippen molar-refractivity contribution in [2.75, 3.05) is 33.5 Å². The van der Waals surface area contributed by atoms with Gasteiger partial charge in [0, 0.05) is 25.1 Å². The normalized spacial score (nSPS) is 19.0. The molecule has 0 unspecified atom stereocenters. The molecule has 0 bridgehead atoms. The lowest BCUT2D eigenvalue weighted by Crippen LogP contribution is -2.28. The lowest BCUT2D eigenvalue weighted by Gasteiger charge is -2.30. The van der Waals surface area contributed by atoms with Crippen LogP contribution in [0.1, 0.15) is 41.0 Å². The number of halogens is 1. The fourth-order valence-electron chi connectivity index (χ4n) is 4.82. The SMILES string of the molecule is CN(CCc1cccc2c1OCC2)C[C@@H]1CCCc2c1ccc1c2OCO1.Cl. The Morgan fingerprint density at radius 1 is 1.04 bits per heavy atom. The number of para-hydroxylation sites is 1. The maximum absolute atomic E-state index is 5.86. The maximum atomic E-state index is 5.86. The van der Waals surface area contributed by atoms with E-state index in [1.165, 1.54) is 35.1 Å². The standard InChI is InChI=1S/C23H27NO3.ClH/c1-24(12-10-16-4-2-5-17-11-13-25-22(16)17)14-18-6-3-7-20-19(18)8-9-21-23(20)27-15-26-21;/h2,4-5,8-9,18H,3,6-7,10-15H2,1H3;1H/t18-;/m0./s1. The Balaban J connectivity index is 0.00000192. The van der Waals surface area contributed by atoms with E-state index in [1.54, 1.807) is 0 Å². The first-order valence-corrected chi connectivity index (χ1v) is 10.1. The quantitative estimate of drug-likeness (QED) is 0.744.